The summed E-state index contributed by atoms with van der Waals surface area (Å²) in [6.07, 6.45) is 1.17. The van der Waals surface area contributed by atoms with Gasteiger partial charge in [-0.05, 0) is 13.0 Å². The van der Waals surface area contributed by atoms with E-state index < -0.39 is 0 Å². The second-order valence-electron chi connectivity index (χ2n) is 1.43. The van der Waals surface area contributed by atoms with E-state index in [0.717, 1.165) is 6.54 Å². The SMILES string of the molecule is CCCNCOC.Cl. The van der Waals surface area contributed by atoms with Gasteiger partial charge in [-0.2, -0.15) is 0 Å². The van der Waals surface area contributed by atoms with Crippen LogP contribution in [-0.2, 0) is 4.74 Å². The second-order valence-corrected chi connectivity index (χ2v) is 1.43. The number of rotatable bonds is 4. The molecule has 0 spiro atoms. The van der Waals surface area contributed by atoms with Crippen LogP contribution in [0.3, 0.4) is 0 Å². The molecule has 2 nitrogen and oxygen atoms in total. The molecule has 0 unspecified atom stereocenters. The fourth-order valence-electron chi connectivity index (χ4n) is 0.351. The highest BCUT2D eigenvalue weighted by atomic mass is 35.5. The molecular weight excluding hydrogens is 126 g/mol. The van der Waals surface area contributed by atoms with Crippen LogP contribution in [0.1, 0.15) is 13.3 Å². The molecule has 0 aliphatic rings. The zero-order valence-electron chi connectivity index (χ0n) is 5.44. The quantitative estimate of drug-likeness (QED) is 0.464. The molecule has 0 amide bonds. The Morgan fingerprint density at radius 1 is 1.50 bits per heavy atom. The van der Waals surface area contributed by atoms with E-state index >= 15 is 0 Å². The third-order valence-electron chi connectivity index (χ3n) is 0.673. The van der Waals surface area contributed by atoms with Crippen molar-refractivity contribution in [1.29, 1.82) is 0 Å². The summed E-state index contributed by atoms with van der Waals surface area (Å²) >= 11 is 0. The van der Waals surface area contributed by atoms with Crippen molar-refractivity contribution in [3.8, 4) is 0 Å². The van der Waals surface area contributed by atoms with Gasteiger partial charge in [-0.3, -0.25) is 5.32 Å². The molecule has 0 bridgehead atoms. The zero-order chi connectivity index (χ0) is 5.54. The van der Waals surface area contributed by atoms with Crippen molar-refractivity contribution < 1.29 is 4.74 Å². The van der Waals surface area contributed by atoms with Gasteiger partial charge < -0.3 is 4.74 Å². The first-order chi connectivity index (χ1) is 3.41. The van der Waals surface area contributed by atoms with Crippen molar-refractivity contribution in [2.75, 3.05) is 20.4 Å². The topological polar surface area (TPSA) is 21.3 Å². The zero-order valence-corrected chi connectivity index (χ0v) is 6.25. The number of ether oxygens (including phenoxy) is 1. The molecule has 0 saturated heterocycles. The standard InChI is InChI=1S/C5H13NO.ClH/c1-3-4-6-5-7-2;/h6H,3-5H2,1-2H3;1H. The molecule has 0 heterocycles. The van der Waals surface area contributed by atoms with Crippen LogP contribution in [0.4, 0.5) is 0 Å². The molecule has 52 valence electrons. The fourth-order valence-corrected chi connectivity index (χ4v) is 0.351. The van der Waals surface area contributed by atoms with E-state index in [1.54, 1.807) is 7.11 Å². The third-order valence-corrected chi connectivity index (χ3v) is 0.673. The van der Waals surface area contributed by atoms with Crippen molar-refractivity contribution in [2.24, 2.45) is 0 Å². The number of hydrogen-bond acceptors (Lipinski definition) is 2. The average molecular weight is 140 g/mol. The van der Waals surface area contributed by atoms with Gasteiger partial charge in [-0.15, -0.1) is 12.4 Å². The van der Waals surface area contributed by atoms with Crippen molar-refractivity contribution >= 4 is 12.4 Å². The molecule has 8 heavy (non-hydrogen) atoms. The lowest BCUT2D eigenvalue weighted by Gasteiger charge is -1.97. The van der Waals surface area contributed by atoms with Gasteiger partial charge in [0.2, 0.25) is 0 Å². The molecule has 0 radical (unpaired) electrons. The molecule has 0 aliphatic carbocycles. The molecular formula is C5H14ClNO. The van der Waals surface area contributed by atoms with Crippen molar-refractivity contribution in [3.05, 3.63) is 0 Å². The number of halogens is 1. The number of nitrogens with one attached hydrogen (secondary N) is 1. The van der Waals surface area contributed by atoms with Crippen LogP contribution in [0.2, 0.25) is 0 Å². The highest BCUT2D eigenvalue weighted by molar-refractivity contribution is 5.85. The summed E-state index contributed by atoms with van der Waals surface area (Å²) in [6, 6.07) is 0. The first kappa shape index (κ1) is 11.1. The predicted molar refractivity (Wildman–Crippen MR) is 37.4 cm³/mol. The minimum absolute atomic E-state index is 0. The molecule has 3 heteroatoms. The van der Waals surface area contributed by atoms with Crippen LogP contribution in [0, 0.1) is 0 Å². The molecule has 0 aromatic rings. The second kappa shape index (κ2) is 10.2. The first-order valence-corrected chi connectivity index (χ1v) is 2.61. The number of hydrogen-bond donors (Lipinski definition) is 1. The minimum atomic E-state index is 0. The van der Waals surface area contributed by atoms with E-state index in [-0.39, 0.29) is 12.4 Å². The summed E-state index contributed by atoms with van der Waals surface area (Å²) in [4.78, 5) is 0. The summed E-state index contributed by atoms with van der Waals surface area (Å²) in [5.74, 6) is 0. The lowest BCUT2D eigenvalue weighted by Crippen LogP contribution is -2.16. The lowest BCUT2D eigenvalue weighted by atomic mass is 10.5. The van der Waals surface area contributed by atoms with Crippen LogP contribution in [-0.4, -0.2) is 20.4 Å². The largest absolute Gasteiger partial charge is 0.370 e. The Bertz CT molecular complexity index is 31.6. The van der Waals surface area contributed by atoms with E-state index in [1.165, 1.54) is 6.42 Å². The van der Waals surface area contributed by atoms with Crippen molar-refractivity contribution in [2.45, 2.75) is 13.3 Å². The Kier molecular flexibility index (Phi) is 14.2. The smallest absolute Gasteiger partial charge is 0.0961 e. The van der Waals surface area contributed by atoms with Gasteiger partial charge in [0.15, 0.2) is 0 Å². The molecule has 0 rings (SSSR count). The van der Waals surface area contributed by atoms with Crippen LogP contribution < -0.4 is 5.32 Å². The van der Waals surface area contributed by atoms with Gasteiger partial charge in [0, 0.05) is 7.11 Å². The fraction of sp³-hybridized carbons (Fsp3) is 1.00. The summed E-state index contributed by atoms with van der Waals surface area (Å²) in [6.45, 7) is 3.85. The van der Waals surface area contributed by atoms with Gasteiger partial charge >= 0.3 is 0 Å². The summed E-state index contributed by atoms with van der Waals surface area (Å²) in [5.41, 5.74) is 0. The van der Waals surface area contributed by atoms with Crippen molar-refractivity contribution in [3.63, 3.8) is 0 Å². The average Bonchev–Trinajstić information content (AvgIpc) is 1.69. The highest BCUT2D eigenvalue weighted by Crippen LogP contribution is 1.67. The Hall–Kier alpha value is 0.210. The Morgan fingerprint density at radius 2 is 2.12 bits per heavy atom. The maximum atomic E-state index is 4.73. The Morgan fingerprint density at radius 3 is 2.50 bits per heavy atom. The molecule has 0 aromatic heterocycles. The van der Waals surface area contributed by atoms with Gasteiger partial charge in [0.1, 0.15) is 0 Å². The molecule has 1 N–H and O–H groups in total. The van der Waals surface area contributed by atoms with E-state index in [9.17, 15) is 0 Å². The first-order valence-electron chi connectivity index (χ1n) is 2.61. The normalized spacial score (nSPS) is 8.25. The predicted octanol–water partition coefficient (Wildman–Crippen LogP) is 1.01. The van der Waals surface area contributed by atoms with E-state index in [2.05, 4.69) is 12.2 Å². The summed E-state index contributed by atoms with van der Waals surface area (Å²) in [5, 5.41) is 3.06. The monoisotopic (exact) mass is 139 g/mol. The molecule has 0 atom stereocenters. The van der Waals surface area contributed by atoms with Gasteiger partial charge in [0.25, 0.3) is 0 Å². The van der Waals surface area contributed by atoms with E-state index in [0.29, 0.717) is 6.73 Å². The van der Waals surface area contributed by atoms with Crippen LogP contribution in [0.5, 0.6) is 0 Å². The molecule has 0 aromatic carbocycles. The highest BCUT2D eigenvalue weighted by Gasteiger charge is 1.76. The summed E-state index contributed by atoms with van der Waals surface area (Å²) in [7, 11) is 1.68. The molecule has 0 aliphatic heterocycles. The minimum Gasteiger partial charge on any atom is -0.370 e. The van der Waals surface area contributed by atoms with Crippen molar-refractivity contribution in [1.82, 2.24) is 5.32 Å². The summed E-state index contributed by atoms with van der Waals surface area (Å²) < 4.78 is 4.73. The molecule has 0 fully saturated rings. The molecule has 0 saturated carbocycles. The van der Waals surface area contributed by atoms with E-state index in [1.807, 2.05) is 0 Å². The van der Waals surface area contributed by atoms with Gasteiger partial charge in [-0.1, -0.05) is 6.92 Å². The van der Waals surface area contributed by atoms with Crippen LogP contribution >= 0.6 is 12.4 Å². The maximum absolute atomic E-state index is 4.73. The van der Waals surface area contributed by atoms with E-state index in [4.69, 9.17) is 4.74 Å². The van der Waals surface area contributed by atoms with Crippen LogP contribution in [0.15, 0.2) is 0 Å². The Balaban J connectivity index is 0. The maximum Gasteiger partial charge on any atom is 0.0961 e. The van der Waals surface area contributed by atoms with Gasteiger partial charge in [0.05, 0.1) is 6.73 Å². The van der Waals surface area contributed by atoms with Crippen LogP contribution in [0.25, 0.3) is 0 Å². The number of methoxy groups -OCH3 is 1. The van der Waals surface area contributed by atoms with Gasteiger partial charge in [-0.25, -0.2) is 0 Å². The third kappa shape index (κ3) is 9.51. The Labute approximate surface area is 57.0 Å². The lowest BCUT2D eigenvalue weighted by molar-refractivity contribution is 0.176.